The number of nitrogens with zero attached hydrogens (tertiary/aromatic N) is 1. The van der Waals surface area contributed by atoms with Crippen molar-refractivity contribution in [2.75, 3.05) is 20.1 Å². The third-order valence-electron chi connectivity index (χ3n) is 6.09. The van der Waals surface area contributed by atoms with E-state index in [1.165, 1.54) is 32.1 Å². The molecular weight excluding hydrogens is 248 g/mol. The monoisotopic (exact) mass is 278 g/mol. The number of carbonyl (C=O) groups excluding carboxylic acids is 1. The Morgan fingerprint density at radius 3 is 2.20 bits per heavy atom. The zero-order chi connectivity index (χ0) is 14.3. The van der Waals surface area contributed by atoms with E-state index in [4.69, 9.17) is 0 Å². The number of hydrogen-bond donors (Lipinski definition) is 1. The van der Waals surface area contributed by atoms with Crippen molar-refractivity contribution in [3.05, 3.63) is 0 Å². The van der Waals surface area contributed by atoms with Gasteiger partial charge < -0.3 is 10.2 Å². The molecule has 4 rings (SSSR count). The predicted molar refractivity (Wildman–Crippen MR) is 81.3 cm³/mol. The fourth-order valence-electron chi connectivity index (χ4n) is 5.47. The van der Waals surface area contributed by atoms with Gasteiger partial charge in [0.1, 0.15) is 0 Å². The van der Waals surface area contributed by atoms with E-state index >= 15 is 0 Å². The smallest absolute Gasteiger partial charge is 0.226 e. The third-order valence-corrected chi connectivity index (χ3v) is 6.09. The summed E-state index contributed by atoms with van der Waals surface area (Å²) >= 11 is 0. The first kappa shape index (κ1) is 14.4. The van der Waals surface area contributed by atoms with Crippen LogP contribution < -0.4 is 5.32 Å². The number of carbonyl (C=O) groups is 1. The highest BCUT2D eigenvalue weighted by Gasteiger charge is 2.50. The van der Waals surface area contributed by atoms with Crippen LogP contribution in [0.5, 0.6) is 0 Å². The molecular formula is C17H30N2O. The van der Waals surface area contributed by atoms with Crippen molar-refractivity contribution in [2.45, 2.75) is 52.0 Å². The van der Waals surface area contributed by atoms with E-state index < -0.39 is 0 Å². The number of amides is 1. The van der Waals surface area contributed by atoms with Crippen molar-refractivity contribution in [3.8, 4) is 0 Å². The second-order valence-corrected chi connectivity index (χ2v) is 7.58. The summed E-state index contributed by atoms with van der Waals surface area (Å²) in [6.07, 6.45) is 7.02. The Morgan fingerprint density at radius 1 is 1.15 bits per heavy atom. The summed E-state index contributed by atoms with van der Waals surface area (Å²) < 4.78 is 0. The molecule has 114 valence electrons. The van der Waals surface area contributed by atoms with E-state index in [0.717, 1.165) is 36.8 Å². The largest absolute Gasteiger partial charge is 0.342 e. The van der Waals surface area contributed by atoms with Gasteiger partial charge in [0.2, 0.25) is 5.91 Å². The van der Waals surface area contributed by atoms with Crippen LogP contribution >= 0.6 is 0 Å². The second kappa shape index (κ2) is 5.67. The molecule has 0 aromatic rings. The first-order valence-corrected chi connectivity index (χ1v) is 8.57. The second-order valence-electron chi connectivity index (χ2n) is 7.58. The molecule has 4 aliphatic rings. The predicted octanol–water partition coefficient (Wildman–Crippen LogP) is 2.52. The fourth-order valence-corrected chi connectivity index (χ4v) is 5.47. The van der Waals surface area contributed by atoms with Crippen LogP contribution in [0.2, 0.25) is 0 Å². The van der Waals surface area contributed by atoms with Crippen molar-refractivity contribution in [3.63, 3.8) is 0 Å². The number of nitrogens with one attached hydrogen (secondary N) is 1. The van der Waals surface area contributed by atoms with Crippen LogP contribution in [0.25, 0.3) is 0 Å². The highest BCUT2D eigenvalue weighted by Crippen LogP contribution is 2.55. The third kappa shape index (κ3) is 2.49. The van der Waals surface area contributed by atoms with Gasteiger partial charge in [-0.3, -0.25) is 4.79 Å². The van der Waals surface area contributed by atoms with Gasteiger partial charge in [0.05, 0.1) is 0 Å². The normalized spacial score (nSPS) is 39.9. The quantitative estimate of drug-likeness (QED) is 0.838. The Kier molecular flexibility index (Phi) is 4.07. The first-order chi connectivity index (χ1) is 9.60. The van der Waals surface area contributed by atoms with Crippen molar-refractivity contribution in [2.24, 2.45) is 29.6 Å². The molecule has 1 N–H and O–H groups in total. The zero-order valence-corrected chi connectivity index (χ0v) is 13.3. The molecule has 4 bridgehead atoms. The molecule has 0 spiro atoms. The van der Waals surface area contributed by atoms with Crippen molar-refractivity contribution < 1.29 is 4.79 Å². The Labute approximate surface area is 123 Å². The molecule has 1 atom stereocenters. The molecule has 4 saturated carbocycles. The molecule has 0 radical (unpaired) electrons. The molecule has 20 heavy (non-hydrogen) atoms. The topological polar surface area (TPSA) is 32.3 Å². The average molecular weight is 278 g/mol. The van der Waals surface area contributed by atoms with Gasteiger partial charge in [-0.25, -0.2) is 0 Å². The van der Waals surface area contributed by atoms with Gasteiger partial charge in [0.15, 0.2) is 0 Å². The molecule has 4 fully saturated rings. The molecule has 0 aliphatic heterocycles. The van der Waals surface area contributed by atoms with E-state index in [0.29, 0.717) is 11.9 Å². The van der Waals surface area contributed by atoms with E-state index in [1.54, 1.807) is 0 Å². The van der Waals surface area contributed by atoms with Crippen molar-refractivity contribution >= 4 is 5.91 Å². The molecule has 0 heterocycles. The van der Waals surface area contributed by atoms with Crippen LogP contribution in [0.1, 0.15) is 46.0 Å². The molecule has 3 nitrogen and oxygen atoms in total. The van der Waals surface area contributed by atoms with Gasteiger partial charge in [0, 0.05) is 25.6 Å². The molecule has 1 amide bonds. The Bertz CT molecular complexity index is 340. The maximum atomic E-state index is 12.7. The van der Waals surface area contributed by atoms with Crippen LogP contribution in [0.15, 0.2) is 0 Å². The Hall–Kier alpha value is -0.570. The number of rotatable bonds is 5. The van der Waals surface area contributed by atoms with Gasteiger partial charge in [-0.05, 0) is 62.3 Å². The minimum absolute atomic E-state index is 0.108. The van der Waals surface area contributed by atoms with Gasteiger partial charge in [0.25, 0.3) is 0 Å². The van der Waals surface area contributed by atoms with Crippen LogP contribution in [0.3, 0.4) is 0 Å². The van der Waals surface area contributed by atoms with Crippen LogP contribution in [-0.2, 0) is 4.79 Å². The van der Waals surface area contributed by atoms with Crippen LogP contribution in [0.4, 0.5) is 0 Å². The van der Waals surface area contributed by atoms with Crippen molar-refractivity contribution in [1.29, 1.82) is 0 Å². The summed E-state index contributed by atoms with van der Waals surface area (Å²) in [6.45, 7) is 5.92. The minimum Gasteiger partial charge on any atom is -0.342 e. The van der Waals surface area contributed by atoms with E-state index in [-0.39, 0.29) is 5.92 Å². The average Bonchev–Trinajstić information content (AvgIpc) is 2.42. The fraction of sp³-hybridized carbons (Fsp3) is 0.941. The standard InChI is InChI=1S/C17H30N2O/c1-4-18-10-11(2)17(20)19(3)16-14-6-12-5-13(8-14)9-15(16)7-12/h11-16,18H,4-10H2,1-3H3. The highest BCUT2D eigenvalue weighted by atomic mass is 16.2. The van der Waals surface area contributed by atoms with Gasteiger partial charge in [-0.2, -0.15) is 0 Å². The summed E-state index contributed by atoms with van der Waals surface area (Å²) in [6, 6.07) is 0.541. The molecule has 1 unspecified atom stereocenters. The maximum absolute atomic E-state index is 12.7. The zero-order valence-electron chi connectivity index (χ0n) is 13.3. The lowest BCUT2D eigenvalue weighted by atomic mass is 9.54. The minimum atomic E-state index is 0.108. The van der Waals surface area contributed by atoms with E-state index in [1.807, 2.05) is 0 Å². The lowest BCUT2D eigenvalue weighted by Crippen LogP contribution is -2.57. The summed E-state index contributed by atoms with van der Waals surface area (Å²) in [7, 11) is 2.07. The lowest BCUT2D eigenvalue weighted by Gasteiger charge is -2.56. The molecule has 0 saturated heterocycles. The van der Waals surface area contributed by atoms with Gasteiger partial charge >= 0.3 is 0 Å². The Balaban J connectivity index is 1.65. The van der Waals surface area contributed by atoms with E-state index in [2.05, 4.69) is 31.1 Å². The molecule has 3 heteroatoms. The summed E-state index contributed by atoms with van der Waals surface area (Å²) in [5.74, 6) is 4.02. The lowest BCUT2D eigenvalue weighted by molar-refractivity contribution is -0.144. The van der Waals surface area contributed by atoms with Crippen molar-refractivity contribution in [1.82, 2.24) is 10.2 Å². The summed E-state index contributed by atoms with van der Waals surface area (Å²) in [4.78, 5) is 14.8. The number of hydrogen-bond acceptors (Lipinski definition) is 2. The van der Waals surface area contributed by atoms with Crippen LogP contribution in [0, 0.1) is 29.6 Å². The van der Waals surface area contributed by atoms with E-state index in [9.17, 15) is 4.79 Å². The van der Waals surface area contributed by atoms with Gasteiger partial charge in [-0.1, -0.05) is 13.8 Å². The Morgan fingerprint density at radius 2 is 1.70 bits per heavy atom. The summed E-state index contributed by atoms with van der Waals surface area (Å²) in [5, 5.41) is 3.30. The molecule has 4 aliphatic carbocycles. The molecule has 0 aromatic heterocycles. The SMILES string of the molecule is CCNCC(C)C(=O)N(C)C1C2CC3CC(C2)CC1C3. The van der Waals surface area contributed by atoms with Crippen LogP contribution in [-0.4, -0.2) is 37.0 Å². The summed E-state index contributed by atoms with van der Waals surface area (Å²) in [5.41, 5.74) is 0. The highest BCUT2D eigenvalue weighted by molar-refractivity contribution is 5.78. The first-order valence-electron chi connectivity index (χ1n) is 8.57. The van der Waals surface area contributed by atoms with Gasteiger partial charge in [-0.15, -0.1) is 0 Å². The molecule has 0 aromatic carbocycles. The maximum Gasteiger partial charge on any atom is 0.226 e.